The molecular weight excluding hydrogens is 448 g/mol. The number of esters is 1. The summed E-state index contributed by atoms with van der Waals surface area (Å²) in [5.74, 6) is -0.761. The molecule has 1 fully saturated rings. The van der Waals surface area contributed by atoms with Crippen LogP contribution >= 0.6 is 0 Å². The molecule has 0 heterocycles. The first-order chi connectivity index (χ1) is 15.5. The van der Waals surface area contributed by atoms with Gasteiger partial charge in [-0.2, -0.15) is 26.3 Å². The third-order valence-electron chi connectivity index (χ3n) is 6.16. The molecule has 1 saturated carbocycles. The van der Waals surface area contributed by atoms with Gasteiger partial charge in [-0.05, 0) is 54.2 Å². The molecule has 1 aliphatic rings. The van der Waals surface area contributed by atoms with Gasteiger partial charge in [-0.25, -0.2) is 0 Å². The summed E-state index contributed by atoms with van der Waals surface area (Å²) in [6.07, 6.45) is -6.46. The lowest BCUT2D eigenvalue weighted by Gasteiger charge is -2.39. The lowest BCUT2D eigenvalue weighted by molar-refractivity contribution is -0.142. The molecule has 180 valence electrons. The minimum Gasteiger partial charge on any atom is -0.469 e. The maximum atomic E-state index is 13.0. The van der Waals surface area contributed by atoms with Crippen molar-refractivity contribution in [3.05, 3.63) is 70.8 Å². The molecule has 33 heavy (non-hydrogen) atoms. The van der Waals surface area contributed by atoms with E-state index in [1.165, 1.54) is 31.4 Å². The summed E-state index contributed by atoms with van der Waals surface area (Å²) >= 11 is 0. The van der Waals surface area contributed by atoms with Gasteiger partial charge >= 0.3 is 18.3 Å². The Morgan fingerprint density at radius 2 is 1.45 bits per heavy atom. The Labute approximate surface area is 188 Å². The number of rotatable bonds is 6. The van der Waals surface area contributed by atoms with Crippen LogP contribution < -0.4 is 5.32 Å². The molecule has 0 amide bonds. The van der Waals surface area contributed by atoms with Crippen molar-refractivity contribution < 1.29 is 35.9 Å². The van der Waals surface area contributed by atoms with Gasteiger partial charge in [0.05, 0.1) is 18.2 Å². The third-order valence-corrected chi connectivity index (χ3v) is 6.16. The first-order valence-electron chi connectivity index (χ1n) is 10.6. The summed E-state index contributed by atoms with van der Waals surface area (Å²) in [7, 11) is 1.29. The van der Waals surface area contributed by atoms with Crippen molar-refractivity contribution in [2.75, 3.05) is 7.11 Å². The zero-order valence-corrected chi connectivity index (χ0v) is 18.0. The number of carbonyl (C=O) groups is 1. The number of alkyl halides is 6. The highest BCUT2D eigenvalue weighted by molar-refractivity contribution is 5.69. The summed E-state index contributed by atoms with van der Waals surface area (Å²) in [4.78, 5) is 12.0. The second kappa shape index (κ2) is 10.2. The molecule has 0 saturated heterocycles. The van der Waals surface area contributed by atoms with Crippen LogP contribution in [0.15, 0.2) is 48.5 Å². The van der Waals surface area contributed by atoms with Crippen LogP contribution in [-0.2, 0) is 28.4 Å². The molecule has 3 nitrogen and oxygen atoms in total. The standard InChI is InChI=1S/C24H25F6NO2/c1-33-21(32)13-17-3-2-4-20(22(17)16-7-11-19(12-8-16)24(28,29)30)31-14-15-5-9-18(10-6-15)23(25,26)27/h5-12,17,20,22,31H,2-4,13-14H2,1H3/t17-,20-,22-/m1/s1. The van der Waals surface area contributed by atoms with Crippen molar-refractivity contribution in [3.8, 4) is 0 Å². The van der Waals surface area contributed by atoms with Gasteiger partial charge in [-0.1, -0.05) is 30.7 Å². The fourth-order valence-electron chi connectivity index (χ4n) is 4.50. The number of nitrogens with one attached hydrogen (secondary N) is 1. The Kier molecular flexibility index (Phi) is 7.72. The van der Waals surface area contributed by atoms with Crippen molar-refractivity contribution in [1.82, 2.24) is 5.32 Å². The normalized spacial score (nSPS) is 21.6. The van der Waals surface area contributed by atoms with E-state index in [1.54, 1.807) is 0 Å². The average Bonchev–Trinajstić information content (AvgIpc) is 2.77. The van der Waals surface area contributed by atoms with Gasteiger partial charge < -0.3 is 10.1 Å². The van der Waals surface area contributed by atoms with E-state index in [4.69, 9.17) is 4.74 Å². The van der Waals surface area contributed by atoms with Crippen LogP contribution in [-0.4, -0.2) is 19.1 Å². The molecule has 1 N–H and O–H groups in total. The first kappa shape index (κ1) is 25.1. The predicted molar refractivity (Wildman–Crippen MR) is 110 cm³/mol. The molecule has 0 aliphatic heterocycles. The van der Waals surface area contributed by atoms with Gasteiger partial charge in [0, 0.05) is 24.9 Å². The number of benzene rings is 2. The molecule has 0 aromatic heterocycles. The van der Waals surface area contributed by atoms with Crippen LogP contribution in [0.5, 0.6) is 0 Å². The zero-order valence-electron chi connectivity index (χ0n) is 18.0. The van der Waals surface area contributed by atoms with Crippen LogP contribution in [0, 0.1) is 5.92 Å². The fraction of sp³-hybridized carbons (Fsp3) is 0.458. The van der Waals surface area contributed by atoms with Gasteiger partial charge in [-0.15, -0.1) is 0 Å². The van der Waals surface area contributed by atoms with Crippen LogP contribution in [0.1, 0.15) is 53.9 Å². The second-order valence-electron chi connectivity index (χ2n) is 8.30. The molecule has 3 rings (SSSR count). The van der Waals surface area contributed by atoms with Gasteiger partial charge in [0.25, 0.3) is 0 Å². The number of halogens is 6. The molecule has 2 aromatic rings. The fourth-order valence-corrected chi connectivity index (χ4v) is 4.50. The Morgan fingerprint density at radius 3 is 1.97 bits per heavy atom. The Bertz CT molecular complexity index is 922. The summed E-state index contributed by atoms with van der Waals surface area (Å²) in [6.45, 7) is 0.297. The predicted octanol–water partition coefficient (Wildman–Crippen LogP) is 6.33. The molecule has 0 unspecified atom stereocenters. The molecule has 1 aliphatic carbocycles. The minimum absolute atomic E-state index is 0.131. The monoisotopic (exact) mass is 473 g/mol. The lowest BCUT2D eigenvalue weighted by Crippen LogP contribution is -2.41. The van der Waals surface area contributed by atoms with Crippen molar-refractivity contribution in [1.29, 1.82) is 0 Å². The quantitative estimate of drug-likeness (QED) is 0.394. The SMILES string of the molecule is COC(=O)C[C@H]1CCC[C@@H](NCc2ccc(C(F)(F)F)cc2)[C@@H]1c1ccc(C(F)(F)F)cc1. The van der Waals surface area contributed by atoms with Gasteiger partial charge in [0.2, 0.25) is 0 Å². The second-order valence-corrected chi connectivity index (χ2v) is 8.30. The smallest absolute Gasteiger partial charge is 0.416 e. The molecule has 0 bridgehead atoms. The minimum atomic E-state index is -4.45. The van der Waals surface area contributed by atoms with Crippen LogP contribution in [0.25, 0.3) is 0 Å². The highest BCUT2D eigenvalue weighted by Crippen LogP contribution is 2.41. The largest absolute Gasteiger partial charge is 0.469 e. The summed E-state index contributed by atoms with van der Waals surface area (Å²) < 4.78 is 82.2. The topological polar surface area (TPSA) is 38.3 Å². The molecular formula is C24H25F6NO2. The van der Waals surface area contributed by atoms with Gasteiger partial charge in [-0.3, -0.25) is 4.79 Å². The van der Waals surface area contributed by atoms with Crippen LogP contribution in [0.2, 0.25) is 0 Å². The van der Waals surface area contributed by atoms with Crippen LogP contribution in [0.3, 0.4) is 0 Å². The van der Waals surface area contributed by atoms with Gasteiger partial charge in [0.1, 0.15) is 0 Å². The molecule has 0 radical (unpaired) electrons. The lowest BCUT2D eigenvalue weighted by atomic mass is 9.71. The zero-order chi connectivity index (χ0) is 24.2. The molecule has 9 heteroatoms. The Balaban J connectivity index is 1.81. The highest BCUT2D eigenvalue weighted by atomic mass is 19.4. The molecule has 0 spiro atoms. The third kappa shape index (κ3) is 6.50. The number of hydrogen-bond acceptors (Lipinski definition) is 3. The molecule has 3 atom stereocenters. The van der Waals surface area contributed by atoms with Crippen LogP contribution in [0.4, 0.5) is 26.3 Å². The van der Waals surface area contributed by atoms with E-state index in [0.717, 1.165) is 43.5 Å². The van der Waals surface area contributed by atoms with E-state index in [2.05, 4.69) is 5.32 Å². The van der Waals surface area contributed by atoms with Crippen molar-refractivity contribution in [2.24, 2.45) is 5.92 Å². The van der Waals surface area contributed by atoms with Gasteiger partial charge in [0.15, 0.2) is 0 Å². The first-order valence-corrected chi connectivity index (χ1v) is 10.6. The average molecular weight is 473 g/mol. The van der Waals surface area contributed by atoms with E-state index >= 15 is 0 Å². The summed E-state index contributed by atoms with van der Waals surface area (Å²) in [6, 6.07) is 9.63. The van der Waals surface area contributed by atoms with E-state index in [-0.39, 0.29) is 30.3 Å². The number of methoxy groups -OCH3 is 1. The van der Waals surface area contributed by atoms with E-state index < -0.39 is 23.5 Å². The van der Waals surface area contributed by atoms with Crippen molar-refractivity contribution in [3.63, 3.8) is 0 Å². The number of ether oxygens (including phenoxy) is 1. The molecule has 2 aromatic carbocycles. The van der Waals surface area contributed by atoms with E-state index in [9.17, 15) is 31.1 Å². The Hall–Kier alpha value is -2.55. The highest BCUT2D eigenvalue weighted by Gasteiger charge is 2.37. The van der Waals surface area contributed by atoms with Crippen molar-refractivity contribution in [2.45, 2.75) is 56.5 Å². The number of hydrogen-bond donors (Lipinski definition) is 1. The van der Waals surface area contributed by atoms with E-state index in [1.807, 2.05) is 0 Å². The van der Waals surface area contributed by atoms with Crippen molar-refractivity contribution >= 4 is 5.97 Å². The summed E-state index contributed by atoms with van der Waals surface area (Å²) in [5, 5.41) is 3.36. The number of carbonyl (C=O) groups excluding carboxylic acids is 1. The maximum Gasteiger partial charge on any atom is 0.416 e. The maximum absolute atomic E-state index is 13.0. The Morgan fingerprint density at radius 1 is 0.909 bits per heavy atom. The van der Waals surface area contributed by atoms with E-state index in [0.29, 0.717) is 17.7 Å². The summed E-state index contributed by atoms with van der Waals surface area (Å²) in [5.41, 5.74) is -0.142.